The number of nitrogens with zero attached hydrogens (tertiary/aromatic N) is 2. The second-order valence-corrected chi connectivity index (χ2v) is 7.33. The summed E-state index contributed by atoms with van der Waals surface area (Å²) in [7, 11) is 0. The molecular weight excluding hydrogens is 316 g/mol. The van der Waals surface area contributed by atoms with E-state index in [1.165, 1.54) is 18.4 Å². The average Bonchev–Trinajstić information content (AvgIpc) is 3.01. The Morgan fingerprint density at radius 1 is 1.20 bits per heavy atom. The Bertz CT molecular complexity index is 600. The zero-order valence-electron chi connectivity index (χ0n) is 14.9. The van der Waals surface area contributed by atoms with Crippen LogP contribution in [0, 0.1) is 0 Å². The number of para-hydroxylation sites is 1. The van der Waals surface area contributed by atoms with Gasteiger partial charge in [0.2, 0.25) is 5.91 Å². The molecule has 0 aliphatic carbocycles. The number of hydrogen-bond acceptors (Lipinski definition) is 4. The molecule has 3 aliphatic heterocycles. The lowest BCUT2D eigenvalue weighted by Gasteiger charge is -2.27. The lowest BCUT2D eigenvalue weighted by molar-refractivity contribution is -0.120. The van der Waals surface area contributed by atoms with Crippen LogP contribution in [-0.4, -0.2) is 55.9 Å². The van der Waals surface area contributed by atoms with Crippen molar-refractivity contribution in [3.63, 3.8) is 0 Å². The van der Waals surface area contributed by atoms with Gasteiger partial charge in [-0.15, -0.1) is 0 Å². The topological polar surface area (TPSA) is 42.0 Å². The second kappa shape index (κ2) is 7.85. The fourth-order valence-electron chi connectivity index (χ4n) is 4.27. The van der Waals surface area contributed by atoms with Crippen LogP contribution in [0.1, 0.15) is 37.7 Å². The fourth-order valence-corrected chi connectivity index (χ4v) is 4.27. The van der Waals surface area contributed by atoms with E-state index in [-0.39, 0.29) is 12.0 Å². The molecule has 0 spiro atoms. The third-order valence-electron chi connectivity index (χ3n) is 5.69. The fraction of sp³-hybridized carbons (Fsp3) is 0.650. The van der Waals surface area contributed by atoms with Crippen LogP contribution in [0.4, 0.5) is 5.69 Å². The highest BCUT2D eigenvalue weighted by Gasteiger charge is 2.33. The third kappa shape index (κ3) is 3.89. The number of anilines is 1. The van der Waals surface area contributed by atoms with Gasteiger partial charge in [-0.05, 0) is 43.9 Å². The molecule has 2 saturated heterocycles. The van der Waals surface area contributed by atoms with Crippen LogP contribution in [0.25, 0.3) is 0 Å². The van der Waals surface area contributed by atoms with Gasteiger partial charge in [-0.25, -0.2) is 0 Å². The van der Waals surface area contributed by atoms with E-state index in [0.717, 1.165) is 51.4 Å². The van der Waals surface area contributed by atoms with Crippen LogP contribution in [0.2, 0.25) is 0 Å². The molecule has 0 bridgehead atoms. The van der Waals surface area contributed by atoms with E-state index in [9.17, 15) is 4.79 Å². The summed E-state index contributed by atoms with van der Waals surface area (Å²) >= 11 is 0. The summed E-state index contributed by atoms with van der Waals surface area (Å²) in [5.74, 6) is 0.188. The zero-order chi connectivity index (χ0) is 17.1. The molecule has 0 radical (unpaired) electrons. The number of hydrogen-bond donors (Lipinski definition) is 0. The van der Waals surface area contributed by atoms with Gasteiger partial charge in [0.1, 0.15) is 0 Å². The van der Waals surface area contributed by atoms with Gasteiger partial charge in [0, 0.05) is 38.0 Å². The molecule has 0 N–H and O–H groups in total. The summed E-state index contributed by atoms with van der Waals surface area (Å²) in [6.45, 7) is 4.98. The number of carbonyl (C=O) groups is 1. The Labute approximate surface area is 149 Å². The molecule has 1 aromatic carbocycles. The van der Waals surface area contributed by atoms with Gasteiger partial charge in [-0.1, -0.05) is 18.2 Å². The Balaban J connectivity index is 1.41. The summed E-state index contributed by atoms with van der Waals surface area (Å²) in [6.07, 6.45) is 5.02. The van der Waals surface area contributed by atoms with Crippen molar-refractivity contribution < 1.29 is 14.3 Å². The van der Waals surface area contributed by atoms with Gasteiger partial charge >= 0.3 is 0 Å². The summed E-state index contributed by atoms with van der Waals surface area (Å²) in [5.41, 5.74) is 2.36. The molecule has 4 rings (SSSR count). The molecule has 136 valence electrons. The van der Waals surface area contributed by atoms with Gasteiger partial charge in [-0.3, -0.25) is 9.69 Å². The molecule has 3 heterocycles. The van der Waals surface area contributed by atoms with E-state index < -0.39 is 0 Å². The maximum atomic E-state index is 12.9. The molecule has 0 unspecified atom stereocenters. The van der Waals surface area contributed by atoms with Crippen molar-refractivity contribution in [2.75, 3.05) is 37.8 Å². The smallest absolute Gasteiger partial charge is 0.229 e. The highest BCUT2D eigenvalue weighted by atomic mass is 16.5. The maximum Gasteiger partial charge on any atom is 0.229 e. The predicted molar refractivity (Wildman–Crippen MR) is 96.6 cm³/mol. The Hall–Kier alpha value is -1.43. The number of benzene rings is 1. The molecule has 1 atom stereocenters. The van der Waals surface area contributed by atoms with Gasteiger partial charge in [0.25, 0.3) is 0 Å². The van der Waals surface area contributed by atoms with Crippen molar-refractivity contribution in [1.82, 2.24) is 4.90 Å². The predicted octanol–water partition coefficient (Wildman–Crippen LogP) is 2.58. The number of amides is 1. The highest BCUT2D eigenvalue weighted by Crippen LogP contribution is 2.31. The molecule has 0 saturated carbocycles. The second-order valence-electron chi connectivity index (χ2n) is 7.33. The molecule has 2 fully saturated rings. The molecule has 3 aliphatic rings. The van der Waals surface area contributed by atoms with Crippen molar-refractivity contribution in [3.8, 4) is 0 Å². The van der Waals surface area contributed by atoms with Crippen molar-refractivity contribution in [2.45, 2.75) is 50.8 Å². The normalized spacial score (nSPS) is 24.6. The van der Waals surface area contributed by atoms with Crippen molar-refractivity contribution >= 4 is 11.6 Å². The van der Waals surface area contributed by atoms with Gasteiger partial charge in [0.15, 0.2) is 0 Å². The monoisotopic (exact) mass is 344 g/mol. The van der Waals surface area contributed by atoms with E-state index in [4.69, 9.17) is 9.47 Å². The largest absolute Gasteiger partial charge is 0.381 e. The SMILES string of the molecule is O=C(CCOC1CCOCC1)N1C[C@@H]2CCCN2Cc2ccccc21. The molecular formula is C20H28N2O3. The summed E-state index contributed by atoms with van der Waals surface area (Å²) in [5, 5.41) is 0. The van der Waals surface area contributed by atoms with E-state index in [0.29, 0.717) is 19.1 Å². The van der Waals surface area contributed by atoms with Gasteiger partial charge in [0.05, 0.1) is 19.1 Å². The van der Waals surface area contributed by atoms with Crippen LogP contribution in [0.5, 0.6) is 0 Å². The number of ether oxygens (including phenoxy) is 2. The lowest BCUT2D eigenvalue weighted by atomic mass is 10.1. The van der Waals surface area contributed by atoms with Gasteiger partial charge in [-0.2, -0.15) is 0 Å². The highest BCUT2D eigenvalue weighted by molar-refractivity contribution is 5.94. The minimum Gasteiger partial charge on any atom is -0.381 e. The van der Waals surface area contributed by atoms with E-state index in [2.05, 4.69) is 23.1 Å². The molecule has 1 amide bonds. The van der Waals surface area contributed by atoms with E-state index in [1.807, 2.05) is 11.0 Å². The first-order valence-corrected chi connectivity index (χ1v) is 9.63. The zero-order valence-corrected chi connectivity index (χ0v) is 14.9. The van der Waals surface area contributed by atoms with Crippen LogP contribution in [0.15, 0.2) is 24.3 Å². The standard InChI is InChI=1S/C20H28N2O3/c23-20(9-13-25-18-7-11-24-12-8-18)22-15-17-5-3-10-21(17)14-16-4-1-2-6-19(16)22/h1-2,4,6,17-18H,3,5,7-15H2/t17-/m0/s1. The molecule has 0 aromatic heterocycles. The molecule has 5 nitrogen and oxygen atoms in total. The summed E-state index contributed by atoms with van der Waals surface area (Å²) in [4.78, 5) is 17.5. The Morgan fingerprint density at radius 3 is 2.92 bits per heavy atom. The molecule has 25 heavy (non-hydrogen) atoms. The van der Waals surface area contributed by atoms with Crippen LogP contribution < -0.4 is 4.90 Å². The van der Waals surface area contributed by atoms with E-state index in [1.54, 1.807) is 0 Å². The van der Waals surface area contributed by atoms with Gasteiger partial charge < -0.3 is 14.4 Å². The molecule has 5 heteroatoms. The third-order valence-corrected chi connectivity index (χ3v) is 5.69. The maximum absolute atomic E-state index is 12.9. The summed E-state index contributed by atoms with van der Waals surface area (Å²) < 4.78 is 11.3. The summed E-state index contributed by atoms with van der Waals surface area (Å²) in [6, 6.07) is 8.86. The average molecular weight is 344 g/mol. The Morgan fingerprint density at radius 2 is 2.04 bits per heavy atom. The first kappa shape index (κ1) is 17.0. The number of rotatable bonds is 4. The van der Waals surface area contributed by atoms with Crippen molar-refractivity contribution in [3.05, 3.63) is 29.8 Å². The number of carbonyl (C=O) groups excluding carboxylic acids is 1. The first-order chi connectivity index (χ1) is 12.3. The minimum atomic E-state index is 0.188. The van der Waals surface area contributed by atoms with Crippen LogP contribution in [0.3, 0.4) is 0 Å². The quantitative estimate of drug-likeness (QED) is 0.842. The van der Waals surface area contributed by atoms with Crippen LogP contribution >= 0.6 is 0 Å². The first-order valence-electron chi connectivity index (χ1n) is 9.63. The molecule has 1 aromatic rings. The minimum absolute atomic E-state index is 0.188. The van der Waals surface area contributed by atoms with E-state index >= 15 is 0 Å². The van der Waals surface area contributed by atoms with Crippen molar-refractivity contribution in [2.24, 2.45) is 0 Å². The number of fused-ring (bicyclic) bond motifs is 2. The van der Waals surface area contributed by atoms with Crippen LogP contribution in [-0.2, 0) is 20.8 Å². The lowest BCUT2D eigenvalue weighted by Crippen LogP contribution is -2.41. The Kier molecular flexibility index (Phi) is 5.34. The van der Waals surface area contributed by atoms with Crippen molar-refractivity contribution in [1.29, 1.82) is 0 Å².